The number of nitrogens with zero attached hydrogens (tertiary/aromatic N) is 6. The quantitative estimate of drug-likeness (QED) is 0.258. The number of alkyl halides is 2. The highest BCUT2D eigenvalue weighted by Gasteiger charge is 2.22. The van der Waals surface area contributed by atoms with Gasteiger partial charge in [0, 0.05) is 63.6 Å². The summed E-state index contributed by atoms with van der Waals surface area (Å²) in [7, 11) is 4.77. The molecular weight excluding hydrogens is 542 g/mol. The van der Waals surface area contributed by atoms with E-state index in [0.717, 1.165) is 10.8 Å². The summed E-state index contributed by atoms with van der Waals surface area (Å²) in [6, 6.07) is 11.6. The van der Waals surface area contributed by atoms with Crippen molar-refractivity contribution in [3.8, 4) is 17.0 Å². The van der Waals surface area contributed by atoms with Gasteiger partial charge in [0.25, 0.3) is 0 Å². The van der Waals surface area contributed by atoms with E-state index >= 15 is 0 Å². The second-order valence-electron chi connectivity index (χ2n) is 9.55. The van der Waals surface area contributed by atoms with Crippen LogP contribution in [-0.2, 0) is 10.2 Å². The Morgan fingerprint density at radius 3 is 2.48 bits per heavy atom. The zero-order chi connectivity index (χ0) is 29.2. The average Bonchev–Trinajstić information content (AvgIpc) is 3.29. The number of aromatic nitrogens is 3. The molecule has 0 amide bonds. The van der Waals surface area contributed by atoms with Gasteiger partial charge in [0.2, 0.25) is 5.95 Å². The van der Waals surface area contributed by atoms with E-state index in [4.69, 9.17) is 10.5 Å². The van der Waals surface area contributed by atoms with Gasteiger partial charge in [-0.05, 0) is 32.3 Å². The smallest absolute Gasteiger partial charge is 0.387 e. The van der Waals surface area contributed by atoms with Gasteiger partial charge < -0.3 is 25.6 Å². The summed E-state index contributed by atoms with van der Waals surface area (Å²) >= 11 is 0. The third kappa shape index (κ3) is 6.08. The molecule has 2 heterocycles. The predicted molar refractivity (Wildman–Crippen MR) is 154 cm³/mol. The van der Waals surface area contributed by atoms with Crippen molar-refractivity contribution >= 4 is 44.1 Å². The maximum Gasteiger partial charge on any atom is 0.387 e. The topological polar surface area (TPSA) is 122 Å². The molecule has 40 heavy (non-hydrogen) atoms. The number of para-hydroxylation sites is 1. The maximum absolute atomic E-state index is 13.3. The molecule has 0 saturated heterocycles. The predicted octanol–water partition coefficient (Wildman–Crippen LogP) is 3.68. The lowest BCUT2D eigenvalue weighted by atomic mass is 10.1. The van der Waals surface area contributed by atoms with Crippen LogP contribution in [0.5, 0.6) is 5.75 Å². The number of halogens is 2. The highest BCUT2D eigenvalue weighted by molar-refractivity contribution is 7.87. The van der Waals surface area contributed by atoms with Crippen LogP contribution in [0.4, 0.5) is 31.8 Å². The van der Waals surface area contributed by atoms with Crippen LogP contribution in [-0.4, -0.2) is 86.5 Å². The van der Waals surface area contributed by atoms with E-state index in [2.05, 4.69) is 15.3 Å². The molecule has 0 aliphatic rings. The first kappa shape index (κ1) is 29.0. The van der Waals surface area contributed by atoms with E-state index < -0.39 is 16.8 Å². The van der Waals surface area contributed by atoms with Gasteiger partial charge in [-0.15, -0.1) is 0 Å². The Morgan fingerprint density at radius 2 is 1.80 bits per heavy atom. The number of fused-ring (bicyclic) bond motifs is 1. The van der Waals surface area contributed by atoms with Crippen LogP contribution < -0.4 is 20.7 Å². The number of ether oxygens (including phenoxy) is 1. The molecule has 0 aliphatic heterocycles. The summed E-state index contributed by atoms with van der Waals surface area (Å²) in [4.78, 5) is 12.6. The van der Waals surface area contributed by atoms with Crippen LogP contribution in [0.1, 0.15) is 0 Å². The van der Waals surface area contributed by atoms with E-state index in [0.29, 0.717) is 40.1 Å². The minimum Gasteiger partial charge on any atom is -0.433 e. The van der Waals surface area contributed by atoms with Gasteiger partial charge in [-0.2, -0.15) is 21.5 Å². The number of hydrogen-bond acceptors (Lipinski definition) is 9. The van der Waals surface area contributed by atoms with E-state index in [9.17, 15) is 17.2 Å². The molecule has 0 bridgehead atoms. The van der Waals surface area contributed by atoms with Crippen molar-refractivity contribution in [3.05, 3.63) is 54.9 Å². The minimum absolute atomic E-state index is 0.0806. The molecule has 14 heteroatoms. The fourth-order valence-electron chi connectivity index (χ4n) is 4.09. The van der Waals surface area contributed by atoms with Crippen LogP contribution in [0.15, 0.2) is 54.9 Å². The molecule has 3 N–H and O–H groups in total. The lowest BCUT2D eigenvalue weighted by molar-refractivity contribution is -0.0493. The summed E-state index contributed by atoms with van der Waals surface area (Å²) in [5.74, 6) is -0.0457. The number of rotatable bonds is 11. The fourth-order valence-corrected chi connectivity index (χ4v) is 5.09. The van der Waals surface area contributed by atoms with Crippen molar-refractivity contribution in [2.24, 2.45) is 0 Å². The van der Waals surface area contributed by atoms with Gasteiger partial charge in [0.1, 0.15) is 0 Å². The van der Waals surface area contributed by atoms with Crippen molar-refractivity contribution in [3.63, 3.8) is 0 Å². The molecule has 4 aromatic rings. The van der Waals surface area contributed by atoms with Crippen molar-refractivity contribution in [1.82, 2.24) is 23.1 Å². The number of benzene rings is 2. The molecule has 4 rings (SSSR count). The Hall–Kier alpha value is -4.01. The molecule has 0 aliphatic carbocycles. The van der Waals surface area contributed by atoms with Gasteiger partial charge >= 0.3 is 16.8 Å². The van der Waals surface area contributed by atoms with Gasteiger partial charge in [-0.25, -0.2) is 13.9 Å². The number of nitrogens with one attached hydrogen (secondary N) is 1. The molecule has 0 atom stereocenters. The SMILES string of the molecule is CN(C)CCN(C)c1cc(OC(F)F)c(Nc2nccc(-c3cn(S(=O)(=O)N(C)C)c4ccccc34)n2)cc1N. The maximum atomic E-state index is 13.3. The minimum atomic E-state index is -3.81. The molecule has 214 valence electrons. The zero-order valence-corrected chi connectivity index (χ0v) is 23.7. The summed E-state index contributed by atoms with van der Waals surface area (Å²) in [6.45, 7) is -1.73. The second-order valence-corrected chi connectivity index (χ2v) is 11.6. The molecule has 0 spiro atoms. The number of likely N-dealkylation sites (N-methyl/N-ethyl adjacent to an activating group) is 2. The highest BCUT2D eigenvalue weighted by atomic mass is 32.2. The van der Waals surface area contributed by atoms with Gasteiger partial charge in [0.05, 0.1) is 28.3 Å². The molecule has 0 fully saturated rings. The van der Waals surface area contributed by atoms with Gasteiger partial charge in [0.15, 0.2) is 5.75 Å². The Morgan fingerprint density at radius 1 is 1.07 bits per heavy atom. The van der Waals surface area contributed by atoms with Crippen LogP contribution in [0.2, 0.25) is 0 Å². The van der Waals surface area contributed by atoms with Crippen LogP contribution in [0, 0.1) is 0 Å². The largest absolute Gasteiger partial charge is 0.433 e. The monoisotopic (exact) mass is 574 g/mol. The van der Waals surface area contributed by atoms with Crippen molar-refractivity contribution in [1.29, 1.82) is 0 Å². The van der Waals surface area contributed by atoms with E-state index in [1.807, 2.05) is 30.9 Å². The van der Waals surface area contributed by atoms with Crippen molar-refractivity contribution in [2.45, 2.75) is 6.61 Å². The third-order valence-electron chi connectivity index (χ3n) is 6.20. The standard InChI is InChI=1S/C26H32F2N8O3S/c1-33(2)12-13-35(5)23-15-24(39-25(27)28)21(14-19(23)29)32-26-30-11-10-20(31-26)18-16-36(40(37,38)34(3)4)22-9-7-6-8-17(18)22/h6-11,14-16,25H,12-13,29H2,1-5H3,(H,30,31,32). The average molecular weight is 575 g/mol. The van der Waals surface area contributed by atoms with Crippen LogP contribution >= 0.6 is 0 Å². The first-order valence-corrected chi connectivity index (χ1v) is 13.7. The lowest BCUT2D eigenvalue weighted by Crippen LogP contribution is -2.29. The lowest BCUT2D eigenvalue weighted by Gasteiger charge is -2.24. The summed E-state index contributed by atoms with van der Waals surface area (Å²) in [5.41, 5.74) is 8.77. The Labute approximate surface area is 232 Å². The van der Waals surface area contributed by atoms with E-state index in [-0.39, 0.29) is 17.4 Å². The summed E-state index contributed by atoms with van der Waals surface area (Å²) in [6.07, 6.45) is 2.98. The first-order valence-electron chi connectivity index (χ1n) is 12.3. The number of hydrogen-bond donors (Lipinski definition) is 2. The first-order chi connectivity index (χ1) is 18.9. The molecular formula is C26H32F2N8O3S. The fraction of sp³-hybridized carbons (Fsp3) is 0.308. The molecule has 2 aromatic carbocycles. The second kappa shape index (κ2) is 11.6. The Kier molecular flexibility index (Phi) is 8.42. The number of anilines is 4. The normalized spacial score (nSPS) is 12.1. The van der Waals surface area contributed by atoms with Gasteiger partial charge in [-0.3, -0.25) is 0 Å². The molecule has 11 nitrogen and oxygen atoms in total. The van der Waals surface area contributed by atoms with Crippen LogP contribution in [0.3, 0.4) is 0 Å². The zero-order valence-electron chi connectivity index (χ0n) is 22.8. The molecule has 0 unspecified atom stereocenters. The third-order valence-corrected chi connectivity index (χ3v) is 7.93. The van der Waals surface area contributed by atoms with E-state index in [1.54, 1.807) is 30.3 Å². The summed E-state index contributed by atoms with van der Waals surface area (Å²) < 4.78 is 59.7. The van der Waals surface area contributed by atoms with Crippen molar-refractivity contribution in [2.75, 3.05) is 64.3 Å². The molecule has 0 saturated carbocycles. The highest BCUT2D eigenvalue weighted by Crippen LogP contribution is 2.38. The Bertz CT molecular complexity index is 1610. The van der Waals surface area contributed by atoms with Crippen molar-refractivity contribution < 1.29 is 21.9 Å². The van der Waals surface area contributed by atoms with E-state index in [1.165, 1.54) is 42.6 Å². The van der Waals surface area contributed by atoms with Gasteiger partial charge in [-0.1, -0.05) is 18.2 Å². The number of nitrogens with two attached hydrogens (primary N) is 1. The van der Waals surface area contributed by atoms with Crippen LogP contribution in [0.25, 0.3) is 22.2 Å². The summed E-state index contributed by atoms with van der Waals surface area (Å²) in [5, 5.41) is 3.59. The molecule has 2 aromatic heterocycles. The Balaban J connectivity index is 1.73. The number of nitrogen functional groups attached to an aromatic ring is 1. The molecule has 0 radical (unpaired) electrons.